The third-order valence-electron chi connectivity index (χ3n) is 4.37. The molecular formula is C14H22N4O2S. The van der Waals surface area contributed by atoms with E-state index in [2.05, 4.69) is 33.5 Å². The van der Waals surface area contributed by atoms with Crippen molar-refractivity contribution in [2.75, 3.05) is 10.7 Å². The molecule has 116 valence electrons. The molecule has 2 aliphatic rings. The minimum atomic E-state index is -0.812. The summed E-state index contributed by atoms with van der Waals surface area (Å²) in [6, 6.07) is 1.46. The first kappa shape index (κ1) is 14.7. The SMILES string of the molecule is CCC1CCC(C)N1c1nnc(SCC(=O)O)n1C1CC1. The molecule has 21 heavy (non-hydrogen) atoms. The van der Waals surface area contributed by atoms with Gasteiger partial charge in [-0.15, -0.1) is 10.2 Å². The number of thioether (sulfide) groups is 1. The Morgan fingerprint density at radius 3 is 2.71 bits per heavy atom. The van der Waals surface area contributed by atoms with Crippen molar-refractivity contribution in [1.29, 1.82) is 0 Å². The standard InChI is InChI=1S/C14H22N4O2S/c1-3-10-5-4-9(2)17(10)13-15-16-14(21-8-12(19)20)18(13)11-6-7-11/h9-11H,3-8H2,1-2H3,(H,19,20). The molecule has 1 aromatic rings. The van der Waals surface area contributed by atoms with Crippen LogP contribution in [-0.2, 0) is 4.79 Å². The van der Waals surface area contributed by atoms with Crippen molar-refractivity contribution in [2.45, 2.75) is 69.2 Å². The van der Waals surface area contributed by atoms with Gasteiger partial charge in [0, 0.05) is 18.1 Å². The number of nitrogens with zero attached hydrogens (tertiary/aromatic N) is 4. The molecule has 2 unspecified atom stereocenters. The molecular weight excluding hydrogens is 288 g/mol. The molecule has 1 saturated carbocycles. The number of rotatable bonds is 6. The maximum atomic E-state index is 10.8. The summed E-state index contributed by atoms with van der Waals surface area (Å²) in [6.45, 7) is 4.46. The smallest absolute Gasteiger partial charge is 0.313 e. The molecule has 1 aromatic heterocycles. The number of carboxylic acid groups (broad SMARTS) is 1. The minimum Gasteiger partial charge on any atom is -0.481 e. The lowest BCUT2D eigenvalue weighted by atomic mass is 10.2. The molecule has 0 amide bonds. The second kappa shape index (κ2) is 5.87. The second-order valence-electron chi connectivity index (χ2n) is 5.96. The summed E-state index contributed by atoms with van der Waals surface area (Å²) in [7, 11) is 0. The second-order valence-corrected chi connectivity index (χ2v) is 6.90. The predicted molar refractivity (Wildman–Crippen MR) is 81.9 cm³/mol. The number of carboxylic acids is 1. The van der Waals surface area contributed by atoms with Crippen LogP contribution < -0.4 is 4.90 Å². The van der Waals surface area contributed by atoms with Gasteiger partial charge in [-0.1, -0.05) is 18.7 Å². The molecule has 1 N–H and O–H groups in total. The van der Waals surface area contributed by atoms with Gasteiger partial charge in [0.05, 0.1) is 5.75 Å². The summed E-state index contributed by atoms with van der Waals surface area (Å²) in [5.74, 6) is 0.174. The molecule has 7 heteroatoms. The molecule has 3 rings (SSSR count). The number of anilines is 1. The highest BCUT2D eigenvalue weighted by molar-refractivity contribution is 7.99. The Kier molecular flexibility index (Phi) is 4.10. The molecule has 2 atom stereocenters. The Morgan fingerprint density at radius 1 is 1.33 bits per heavy atom. The van der Waals surface area contributed by atoms with E-state index in [9.17, 15) is 4.79 Å². The zero-order valence-electron chi connectivity index (χ0n) is 12.5. The van der Waals surface area contributed by atoms with Crippen molar-refractivity contribution in [3.05, 3.63) is 0 Å². The molecule has 0 bridgehead atoms. The fraction of sp³-hybridized carbons (Fsp3) is 0.786. The largest absolute Gasteiger partial charge is 0.481 e. The molecule has 2 heterocycles. The third kappa shape index (κ3) is 2.88. The highest BCUT2D eigenvalue weighted by Crippen LogP contribution is 2.43. The van der Waals surface area contributed by atoms with Crippen LogP contribution in [0.15, 0.2) is 5.16 Å². The minimum absolute atomic E-state index is 0.0393. The molecule has 0 aromatic carbocycles. The van der Waals surface area contributed by atoms with Gasteiger partial charge in [0.25, 0.3) is 0 Å². The Balaban J connectivity index is 1.89. The number of hydrogen-bond acceptors (Lipinski definition) is 5. The van der Waals surface area contributed by atoms with E-state index in [1.807, 2.05) is 0 Å². The van der Waals surface area contributed by atoms with E-state index in [1.165, 1.54) is 24.6 Å². The van der Waals surface area contributed by atoms with Crippen LogP contribution in [0, 0.1) is 0 Å². The number of aliphatic carboxylic acids is 1. The zero-order valence-corrected chi connectivity index (χ0v) is 13.3. The Bertz CT molecular complexity index is 529. The van der Waals surface area contributed by atoms with Crippen molar-refractivity contribution in [3.63, 3.8) is 0 Å². The summed E-state index contributed by atoms with van der Waals surface area (Å²) < 4.78 is 2.18. The summed E-state index contributed by atoms with van der Waals surface area (Å²) in [6.07, 6.45) is 5.79. The average molecular weight is 310 g/mol. The summed E-state index contributed by atoms with van der Waals surface area (Å²) in [4.78, 5) is 13.2. The molecule has 0 radical (unpaired) electrons. The first-order valence-electron chi connectivity index (χ1n) is 7.69. The highest BCUT2D eigenvalue weighted by atomic mass is 32.2. The van der Waals surface area contributed by atoms with E-state index < -0.39 is 5.97 Å². The van der Waals surface area contributed by atoms with Gasteiger partial charge >= 0.3 is 5.97 Å². The number of carbonyl (C=O) groups is 1. The Labute approximate surface area is 128 Å². The first-order valence-corrected chi connectivity index (χ1v) is 8.68. The van der Waals surface area contributed by atoms with Gasteiger partial charge in [-0.3, -0.25) is 9.36 Å². The van der Waals surface area contributed by atoms with Gasteiger partial charge in [0.2, 0.25) is 5.95 Å². The van der Waals surface area contributed by atoms with Gasteiger partial charge < -0.3 is 10.0 Å². The van der Waals surface area contributed by atoms with E-state index in [4.69, 9.17) is 5.11 Å². The average Bonchev–Trinajstić information content (AvgIpc) is 3.10. The Morgan fingerprint density at radius 2 is 2.10 bits per heavy atom. The van der Waals surface area contributed by atoms with Crippen LogP contribution in [0.2, 0.25) is 0 Å². The normalized spacial score (nSPS) is 25.5. The molecule has 1 aliphatic heterocycles. The van der Waals surface area contributed by atoms with Crippen LogP contribution >= 0.6 is 11.8 Å². The van der Waals surface area contributed by atoms with Gasteiger partial charge in [-0.25, -0.2) is 0 Å². The van der Waals surface area contributed by atoms with Crippen LogP contribution in [0.25, 0.3) is 0 Å². The monoisotopic (exact) mass is 310 g/mol. The summed E-state index contributed by atoms with van der Waals surface area (Å²) in [5, 5.41) is 18.3. The number of hydrogen-bond donors (Lipinski definition) is 1. The van der Waals surface area contributed by atoms with E-state index >= 15 is 0 Å². The molecule has 1 aliphatic carbocycles. The van der Waals surface area contributed by atoms with Crippen LogP contribution in [-0.4, -0.2) is 43.7 Å². The van der Waals surface area contributed by atoms with Gasteiger partial charge in [0.15, 0.2) is 5.16 Å². The molecule has 6 nitrogen and oxygen atoms in total. The third-order valence-corrected chi connectivity index (χ3v) is 5.30. The Hall–Kier alpha value is -1.24. The van der Waals surface area contributed by atoms with Crippen LogP contribution in [0.1, 0.15) is 52.0 Å². The topological polar surface area (TPSA) is 71.2 Å². The van der Waals surface area contributed by atoms with Crippen LogP contribution in [0.4, 0.5) is 5.95 Å². The van der Waals surface area contributed by atoms with E-state index in [0.717, 1.165) is 30.4 Å². The fourth-order valence-electron chi connectivity index (χ4n) is 3.16. The summed E-state index contributed by atoms with van der Waals surface area (Å²) in [5.41, 5.74) is 0. The first-order chi connectivity index (χ1) is 10.1. The van der Waals surface area contributed by atoms with Crippen LogP contribution in [0.5, 0.6) is 0 Å². The lowest BCUT2D eigenvalue weighted by molar-refractivity contribution is -0.133. The quantitative estimate of drug-likeness (QED) is 0.814. The molecule has 2 fully saturated rings. The highest BCUT2D eigenvalue weighted by Gasteiger charge is 2.37. The van der Waals surface area contributed by atoms with E-state index in [0.29, 0.717) is 18.1 Å². The van der Waals surface area contributed by atoms with Crippen molar-refractivity contribution >= 4 is 23.7 Å². The maximum Gasteiger partial charge on any atom is 0.313 e. The van der Waals surface area contributed by atoms with Crippen molar-refractivity contribution in [1.82, 2.24) is 14.8 Å². The molecule has 0 spiro atoms. The summed E-state index contributed by atoms with van der Waals surface area (Å²) >= 11 is 1.28. The van der Waals surface area contributed by atoms with Crippen molar-refractivity contribution < 1.29 is 9.90 Å². The predicted octanol–water partition coefficient (Wildman–Crippen LogP) is 2.56. The number of aromatic nitrogens is 3. The van der Waals surface area contributed by atoms with Crippen molar-refractivity contribution in [3.8, 4) is 0 Å². The van der Waals surface area contributed by atoms with Gasteiger partial charge in [-0.05, 0) is 39.0 Å². The van der Waals surface area contributed by atoms with E-state index in [-0.39, 0.29) is 5.75 Å². The van der Waals surface area contributed by atoms with Crippen LogP contribution in [0.3, 0.4) is 0 Å². The fourth-order valence-corrected chi connectivity index (χ4v) is 3.88. The van der Waals surface area contributed by atoms with Gasteiger partial charge in [0.1, 0.15) is 0 Å². The van der Waals surface area contributed by atoms with Crippen molar-refractivity contribution in [2.24, 2.45) is 0 Å². The lowest BCUT2D eigenvalue weighted by Crippen LogP contribution is -2.36. The van der Waals surface area contributed by atoms with Gasteiger partial charge in [-0.2, -0.15) is 0 Å². The maximum absolute atomic E-state index is 10.8. The zero-order chi connectivity index (χ0) is 15.0. The lowest BCUT2D eigenvalue weighted by Gasteiger charge is -2.29. The molecule has 1 saturated heterocycles. The van der Waals surface area contributed by atoms with E-state index in [1.54, 1.807) is 0 Å².